The number of urea groups is 1. The maximum atomic E-state index is 12.7. The molecular weight excluding hydrogens is 406 g/mol. The fourth-order valence-electron chi connectivity index (χ4n) is 3.66. The van der Waals surface area contributed by atoms with Crippen molar-refractivity contribution in [3.05, 3.63) is 76.5 Å². The van der Waals surface area contributed by atoms with Gasteiger partial charge in [0.2, 0.25) is 0 Å². The van der Waals surface area contributed by atoms with Crippen LogP contribution in [0.5, 0.6) is 0 Å². The Bertz CT molecular complexity index is 1030. The van der Waals surface area contributed by atoms with E-state index >= 15 is 0 Å². The van der Waals surface area contributed by atoms with Crippen LogP contribution in [0.25, 0.3) is 0 Å². The number of carbonyl (C=O) groups excluding carboxylic acids is 3. The smallest absolute Gasteiger partial charge is 0.337 e. The van der Waals surface area contributed by atoms with Crippen LogP contribution in [0.2, 0.25) is 0 Å². The zero-order valence-electron chi connectivity index (χ0n) is 18.9. The van der Waals surface area contributed by atoms with Crippen LogP contribution in [0.4, 0.5) is 10.5 Å². The van der Waals surface area contributed by atoms with Gasteiger partial charge in [0, 0.05) is 23.5 Å². The van der Waals surface area contributed by atoms with E-state index in [1.165, 1.54) is 7.11 Å². The molecule has 3 rings (SSSR count). The molecule has 0 aliphatic carbocycles. The van der Waals surface area contributed by atoms with E-state index in [1.54, 1.807) is 48.2 Å². The van der Waals surface area contributed by atoms with E-state index in [9.17, 15) is 14.4 Å². The van der Waals surface area contributed by atoms with E-state index in [0.717, 1.165) is 24.0 Å². The molecule has 2 aromatic rings. The highest BCUT2D eigenvalue weighted by atomic mass is 16.5. The first kappa shape index (κ1) is 23.1. The number of nitrogens with one attached hydrogen (secondary N) is 2. The molecule has 1 aliphatic rings. The monoisotopic (exact) mass is 435 g/mol. The van der Waals surface area contributed by atoms with Crippen LogP contribution in [0.1, 0.15) is 54.2 Å². The van der Waals surface area contributed by atoms with Crippen molar-refractivity contribution >= 4 is 23.6 Å². The second kappa shape index (κ2) is 10.1. The third kappa shape index (κ3) is 4.99. The molecule has 1 heterocycles. The first-order valence-electron chi connectivity index (χ1n) is 10.7. The van der Waals surface area contributed by atoms with Gasteiger partial charge in [-0.25, -0.2) is 9.59 Å². The Labute approximate surface area is 188 Å². The molecule has 168 valence electrons. The zero-order valence-corrected chi connectivity index (χ0v) is 18.9. The van der Waals surface area contributed by atoms with Crippen molar-refractivity contribution in [2.45, 2.75) is 39.7 Å². The van der Waals surface area contributed by atoms with E-state index in [2.05, 4.69) is 10.6 Å². The summed E-state index contributed by atoms with van der Waals surface area (Å²) >= 11 is 0. The van der Waals surface area contributed by atoms with Gasteiger partial charge >= 0.3 is 12.0 Å². The van der Waals surface area contributed by atoms with Crippen molar-refractivity contribution in [1.29, 1.82) is 0 Å². The van der Waals surface area contributed by atoms with Crippen LogP contribution >= 0.6 is 0 Å². The zero-order chi connectivity index (χ0) is 23.3. The first-order valence-corrected chi connectivity index (χ1v) is 10.7. The van der Waals surface area contributed by atoms with Crippen molar-refractivity contribution in [3.63, 3.8) is 0 Å². The summed E-state index contributed by atoms with van der Waals surface area (Å²) in [6, 6.07) is 13.5. The molecule has 0 bridgehead atoms. The number of carbonyl (C=O) groups is 3. The molecule has 32 heavy (non-hydrogen) atoms. The molecule has 0 spiro atoms. The molecule has 0 saturated heterocycles. The molecule has 1 aliphatic heterocycles. The molecule has 7 nitrogen and oxygen atoms in total. The fraction of sp³-hybridized carbons (Fsp3) is 0.320. The number of allylic oxidation sites excluding steroid dienone is 1. The van der Waals surface area contributed by atoms with E-state index in [-0.39, 0.29) is 11.9 Å². The SMILES string of the molecule is CCCCN1C(=O)NC(c2ccc(NC(=O)c3ccc(C)cc3)cc2)C(C(=O)OC)=C1C. The second-order valence-electron chi connectivity index (χ2n) is 7.82. The second-order valence-corrected chi connectivity index (χ2v) is 7.82. The number of unbranched alkanes of at least 4 members (excludes halogenated alkanes) is 1. The van der Waals surface area contributed by atoms with Crippen molar-refractivity contribution < 1.29 is 19.1 Å². The number of benzene rings is 2. The van der Waals surface area contributed by atoms with Crippen LogP contribution in [0, 0.1) is 6.92 Å². The number of nitrogens with zero attached hydrogens (tertiary/aromatic N) is 1. The number of methoxy groups -OCH3 is 1. The number of aryl methyl sites for hydroxylation is 1. The lowest BCUT2D eigenvalue weighted by Crippen LogP contribution is -2.48. The van der Waals surface area contributed by atoms with Gasteiger partial charge in [-0.3, -0.25) is 9.69 Å². The summed E-state index contributed by atoms with van der Waals surface area (Å²) in [5, 5.41) is 5.78. The van der Waals surface area contributed by atoms with Gasteiger partial charge in [0.25, 0.3) is 5.91 Å². The standard InChI is InChI=1S/C25H29N3O4/c1-5-6-15-28-17(3)21(24(30)32-4)22(27-25(28)31)18-11-13-20(14-12-18)26-23(29)19-9-7-16(2)8-10-19/h7-14,22H,5-6,15H2,1-4H3,(H,26,29)(H,27,31). The molecule has 1 unspecified atom stereocenters. The largest absolute Gasteiger partial charge is 0.466 e. The highest BCUT2D eigenvalue weighted by molar-refractivity contribution is 6.04. The number of hydrogen-bond donors (Lipinski definition) is 2. The Morgan fingerprint density at radius 1 is 1.06 bits per heavy atom. The summed E-state index contributed by atoms with van der Waals surface area (Å²) in [6.07, 6.45) is 1.77. The van der Waals surface area contributed by atoms with Crippen molar-refractivity contribution in [2.75, 3.05) is 19.0 Å². The maximum absolute atomic E-state index is 12.7. The number of esters is 1. The van der Waals surface area contributed by atoms with Gasteiger partial charge in [0.05, 0.1) is 18.7 Å². The van der Waals surface area contributed by atoms with Crippen molar-refractivity contribution in [1.82, 2.24) is 10.2 Å². The number of ether oxygens (including phenoxy) is 1. The molecule has 7 heteroatoms. The van der Waals surface area contributed by atoms with E-state index in [4.69, 9.17) is 4.74 Å². The van der Waals surface area contributed by atoms with E-state index in [1.807, 2.05) is 26.0 Å². The molecule has 2 aromatic carbocycles. The normalized spacial score (nSPS) is 15.9. The predicted molar refractivity (Wildman–Crippen MR) is 123 cm³/mol. The van der Waals surface area contributed by atoms with Crippen LogP contribution < -0.4 is 10.6 Å². The van der Waals surface area contributed by atoms with E-state index in [0.29, 0.717) is 29.1 Å². The predicted octanol–water partition coefficient (Wildman–Crippen LogP) is 4.56. The summed E-state index contributed by atoms with van der Waals surface area (Å²) in [5.74, 6) is -0.688. The van der Waals surface area contributed by atoms with Crippen molar-refractivity contribution in [3.8, 4) is 0 Å². The molecule has 0 aromatic heterocycles. The minimum atomic E-state index is -0.630. The highest BCUT2D eigenvalue weighted by Crippen LogP contribution is 2.32. The Kier molecular flexibility index (Phi) is 7.30. The summed E-state index contributed by atoms with van der Waals surface area (Å²) < 4.78 is 5.00. The Balaban J connectivity index is 1.83. The minimum Gasteiger partial charge on any atom is -0.466 e. The third-order valence-electron chi connectivity index (χ3n) is 5.55. The summed E-state index contributed by atoms with van der Waals surface area (Å²) in [4.78, 5) is 39.3. The van der Waals surface area contributed by atoms with Gasteiger partial charge in [0.15, 0.2) is 0 Å². The average molecular weight is 436 g/mol. The molecule has 1 atom stereocenters. The third-order valence-corrected chi connectivity index (χ3v) is 5.55. The molecule has 0 fully saturated rings. The van der Waals surface area contributed by atoms with Gasteiger partial charge in [0.1, 0.15) is 0 Å². The first-order chi connectivity index (χ1) is 15.3. The van der Waals surface area contributed by atoms with Gasteiger partial charge in [-0.2, -0.15) is 0 Å². The highest BCUT2D eigenvalue weighted by Gasteiger charge is 2.35. The number of rotatable bonds is 7. The topological polar surface area (TPSA) is 87.7 Å². The lowest BCUT2D eigenvalue weighted by atomic mass is 9.94. The van der Waals surface area contributed by atoms with Crippen LogP contribution in [0.15, 0.2) is 59.8 Å². The molecule has 0 saturated carbocycles. The Hall–Kier alpha value is -3.61. The quantitative estimate of drug-likeness (QED) is 0.624. The fourth-order valence-corrected chi connectivity index (χ4v) is 3.66. The number of anilines is 1. The Morgan fingerprint density at radius 2 is 1.72 bits per heavy atom. The lowest BCUT2D eigenvalue weighted by Gasteiger charge is -2.35. The van der Waals surface area contributed by atoms with Gasteiger partial charge in [-0.05, 0) is 50.1 Å². The number of hydrogen-bond acceptors (Lipinski definition) is 4. The molecule has 0 radical (unpaired) electrons. The van der Waals surface area contributed by atoms with Gasteiger partial charge in [-0.1, -0.05) is 43.2 Å². The molecular formula is C25H29N3O4. The maximum Gasteiger partial charge on any atom is 0.337 e. The van der Waals surface area contributed by atoms with Crippen LogP contribution in [-0.2, 0) is 9.53 Å². The average Bonchev–Trinajstić information content (AvgIpc) is 2.79. The molecule has 3 amide bonds. The summed E-state index contributed by atoms with van der Waals surface area (Å²) in [6.45, 7) is 6.31. The number of amides is 3. The summed E-state index contributed by atoms with van der Waals surface area (Å²) in [5.41, 5.74) is 3.99. The summed E-state index contributed by atoms with van der Waals surface area (Å²) in [7, 11) is 1.33. The minimum absolute atomic E-state index is 0.207. The van der Waals surface area contributed by atoms with Crippen LogP contribution in [-0.4, -0.2) is 36.5 Å². The van der Waals surface area contributed by atoms with Gasteiger partial charge in [-0.15, -0.1) is 0 Å². The van der Waals surface area contributed by atoms with Crippen LogP contribution in [0.3, 0.4) is 0 Å². The van der Waals surface area contributed by atoms with Gasteiger partial charge < -0.3 is 15.4 Å². The Morgan fingerprint density at radius 3 is 2.31 bits per heavy atom. The lowest BCUT2D eigenvalue weighted by molar-refractivity contribution is -0.136. The molecule has 2 N–H and O–H groups in total. The van der Waals surface area contributed by atoms with Crippen molar-refractivity contribution in [2.24, 2.45) is 0 Å². The van der Waals surface area contributed by atoms with E-state index < -0.39 is 12.0 Å².